The van der Waals surface area contributed by atoms with Gasteiger partial charge in [0.2, 0.25) is 0 Å². The summed E-state index contributed by atoms with van der Waals surface area (Å²) in [5, 5.41) is 3.27. The van der Waals surface area contributed by atoms with E-state index in [4.69, 9.17) is 0 Å². The molecule has 21 heavy (non-hydrogen) atoms. The van der Waals surface area contributed by atoms with Gasteiger partial charge in [-0.05, 0) is 65.3 Å². The third kappa shape index (κ3) is 5.09. The van der Waals surface area contributed by atoms with Gasteiger partial charge in [-0.15, -0.1) is 11.8 Å². The minimum atomic E-state index is -0.149. The summed E-state index contributed by atoms with van der Waals surface area (Å²) in [7, 11) is 1.92. The van der Waals surface area contributed by atoms with Crippen LogP contribution < -0.4 is 5.32 Å². The minimum absolute atomic E-state index is 0.149. The van der Waals surface area contributed by atoms with Crippen molar-refractivity contribution in [3.63, 3.8) is 0 Å². The second-order valence-corrected chi connectivity index (χ2v) is 7.50. The van der Waals surface area contributed by atoms with E-state index in [0.29, 0.717) is 6.42 Å². The Morgan fingerprint density at radius 1 is 1.19 bits per heavy atom. The van der Waals surface area contributed by atoms with Crippen molar-refractivity contribution < 1.29 is 4.39 Å². The molecule has 5 heteroatoms. The maximum atomic E-state index is 13.8. The molecule has 2 aromatic rings. The van der Waals surface area contributed by atoms with E-state index in [1.165, 1.54) is 11.0 Å². The van der Waals surface area contributed by atoms with E-state index in [0.717, 1.165) is 20.3 Å². The smallest absolute Gasteiger partial charge is 0.126 e. The molecule has 2 rings (SSSR count). The number of hydrogen-bond donors (Lipinski definition) is 1. The van der Waals surface area contributed by atoms with Crippen molar-refractivity contribution in [2.24, 2.45) is 0 Å². The first kappa shape index (κ1) is 17.0. The number of halogens is 3. The van der Waals surface area contributed by atoms with Crippen LogP contribution in [0, 0.1) is 5.82 Å². The number of rotatable bonds is 6. The largest absolute Gasteiger partial charge is 0.316 e. The maximum absolute atomic E-state index is 13.8. The molecule has 0 radical (unpaired) electrons. The second-order valence-electron chi connectivity index (χ2n) is 4.67. The molecule has 1 nitrogen and oxygen atoms in total. The summed E-state index contributed by atoms with van der Waals surface area (Å²) in [6, 6.07) is 13.4. The van der Waals surface area contributed by atoms with Gasteiger partial charge in [0.25, 0.3) is 0 Å². The molecule has 0 spiro atoms. The number of nitrogens with one attached hydrogen (secondary N) is 1. The number of hydrogen-bond acceptors (Lipinski definition) is 2. The molecular formula is C16H16Br2FNS. The first-order valence-electron chi connectivity index (χ1n) is 6.58. The summed E-state index contributed by atoms with van der Waals surface area (Å²) in [6.45, 7) is 0. The van der Waals surface area contributed by atoms with Crippen molar-refractivity contribution in [3.8, 4) is 0 Å². The monoisotopic (exact) mass is 431 g/mol. The van der Waals surface area contributed by atoms with Crippen molar-refractivity contribution in [1.82, 2.24) is 5.32 Å². The third-order valence-electron chi connectivity index (χ3n) is 3.16. The normalized spacial score (nSPS) is 12.4. The molecular weight excluding hydrogens is 417 g/mol. The van der Waals surface area contributed by atoms with Crippen LogP contribution in [0.5, 0.6) is 0 Å². The molecule has 0 fully saturated rings. The first-order chi connectivity index (χ1) is 10.1. The zero-order valence-corrected chi connectivity index (χ0v) is 15.6. The van der Waals surface area contributed by atoms with E-state index >= 15 is 0 Å². The summed E-state index contributed by atoms with van der Waals surface area (Å²) in [6.07, 6.45) is 0.666. The Balaban J connectivity index is 2.00. The molecule has 0 aliphatic rings. The highest BCUT2D eigenvalue weighted by Crippen LogP contribution is 2.28. The van der Waals surface area contributed by atoms with Crippen LogP contribution in [0.3, 0.4) is 0 Å². The number of likely N-dealkylation sites (N-methyl/N-ethyl adjacent to an activating group) is 1. The molecule has 0 amide bonds. The van der Waals surface area contributed by atoms with Crippen LogP contribution in [0.2, 0.25) is 0 Å². The van der Waals surface area contributed by atoms with E-state index in [2.05, 4.69) is 43.2 Å². The topological polar surface area (TPSA) is 12.0 Å². The van der Waals surface area contributed by atoms with Crippen molar-refractivity contribution >= 4 is 43.6 Å². The lowest BCUT2D eigenvalue weighted by Gasteiger charge is -2.17. The van der Waals surface area contributed by atoms with Crippen LogP contribution in [0.4, 0.5) is 4.39 Å². The van der Waals surface area contributed by atoms with E-state index < -0.39 is 0 Å². The predicted octanol–water partition coefficient (Wildman–Crippen LogP) is 5.27. The van der Waals surface area contributed by atoms with Gasteiger partial charge in [0.1, 0.15) is 5.82 Å². The fourth-order valence-corrected chi connectivity index (χ4v) is 4.04. The van der Waals surface area contributed by atoms with E-state index in [9.17, 15) is 4.39 Å². The average Bonchev–Trinajstić information content (AvgIpc) is 2.48. The Kier molecular flexibility index (Phi) is 6.74. The molecule has 0 saturated carbocycles. The Labute approximate surface area is 146 Å². The number of benzene rings is 2. The highest BCUT2D eigenvalue weighted by atomic mass is 79.9. The SMILES string of the molecule is CNC(CSc1ccccc1Br)Cc1cc(Br)ccc1F. The van der Waals surface area contributed by atoms with Gasteiger partial charge in [0, 0.05) is 25.6 Å². The van der Waals surface area contributed by atoms with Crippen molar-refractivity contribution in [2.75, 3.05) is 12.8 Å². The summed E-state index contributed by atoms with van der Waals surface area (Å²) in [4.78, 5) is 1.20. The van der Waals surface area contributed by atoms with Gasteiger partial charge in [-0.3, -0.25) is 0 Å². The van der Waals surface area contributed by atoms with Crippen LogP contribution in [-0.2, 0) is 6.42 Å². The third-order valence-corrected chi connectivity index (χ3v) is 5.84. The summed E-state index contributed by atoms with van der Waals surface area (Å²) >= 11 is 8.71. The fourth-order valence-electron chi connectivity index (χ4n) is 1.96. The lowest BCUT2D eigenvalue weighted by molar-refractivity contribution is 0.568. The first-order valence-corrected chi connectivity index (χ1v) is 9.16. The Morgan fingerprint density at radius 2 is 1.95 bits per heavy atom. The van der Waals surface area contributed by atoms with Crippen molar-refractivity contribution in [1.29, 1.82) is 0 Å². The van der Waals surface area contributed by atoms with E-state index in [1.807, 2.05) is 31.3 Å². The van der Waals surface area contributed by atoms with Gasteiger partial charge in [-0.1, -0.05) is 28.1 Å². The second kappa shape index (κ2) is 8.32. The van der Waals surface area contributed by atoms with Crippen LogP contribution in [0.15, 0.2) is 56.3 Å². The predicted molar refractivity (Wildman–Crippen MR) is 95.5 cm³/mol. The zero-order chi connectivity index (χ0) is 15.2. The van der Waals surface area contributed by atoms with Gasteiger partial charge in [-0.25, -0.2) is 4.39 Å². The highest BCUT2D eigenvalue weighted by Gasteiger charge is 2.12. The molecule has 1 unspecified atom stereocenters. The highest BCUT2D eigenvalue weighted by molar-refractivity contribution is 9.10. The lowest BCUT2D eigenvalue weighted by atomic mass is 10.1. The Hall–Kier alpha value is -0.360. The molecule has 0 aliphatic carbocycles. The molecule has 2 aromatic carbocycles. The Bertz CT molecular complexity index is 607. The van der Waals surface area contributed by atoms with E-state index in [-0.39, 0.29) is 11.9 Å². The molecule has 0 bridgehead atoms. The van der Waals surface area contributed by atoms with Gasteiger partial charge in [0.15, 0.2) is 0 Å². The molecule has 0 saturated heterocycles. The minimum Gasteiger partial charge on any atom is -0.316 e. The molecule has 0 aliphatic heterocycles. The summed E-state index contributed by atoms with van der Waals surface area (Å²) in [5.74, 6) is 0.731. The van der Waals surface area contributed by atoms with Crippen LogP contribution >= 0.6 is 43.6 Å². The molecule has 112 valence electrons. The lowest BCUT2D eigenvalue weighted by Crippen LogP contribution is -2.30. The Morgan fingerprint density at radius 3 is 2.67 bits per heavy atom. The number of thioether (sulfide) groups is 1. The molecule has 1 N–H and O–H groups in total. The standard InChI is InChI=1S/C16H16Br2FNS/c1-20-13(9-11-8-12(17)6-7-15(11)19)10-21-16-5-3-2-4-14(16)18/h2-8,13,20H,9-10H2,1H3. The van der Waals surface area contributed by atoms with Crippen LogP contribution in [-0.4, -0.2) is 18.8 Å². The zero-order valence-electron chi connectivity index (χ0n) is 11.6. The van der Waals surface area contributed by atoms with Gasteiger partial charge in [-0.2, -0.15) is 0 Å². The quantitative estimate of drug-likeness (QED) is 0.623. The molecule has 0 aromatic heterocycles. The van der Waals surface area contributed by atoms with Crippen LogP contribution in [0.25, 0.3) is 0 Å². The summed E-state index contributed by atoms with van der Waals surface area (Å²) in [5.41, 5.74) is 0.733. The van der Waals surface area contributed by atoms with Crippen molar-refractivity contribution in [3.05, 3.63) is 62.8 Å². The van der Waals surface area contributed by atoms with E-state index in [1.54, 1.807) is 17.8 Å². The molecule has 0 heterocycles. The average molecular weight is 433 g/mol. The van der Waals surface area contributed by atoms with Crippen molar-refractivity contribution in [2.45, 2.75) is 17.4 Å². The van der Waals surface area contributed by atoms with Gasteiger partial charge in [0.05, 0.1) is 0 Å². The molecule has 1 atom stereocenters. The maximum Gasteiger partial charge on any atom is 0.126 e. The van der Waals surface area contributed by atoms with Gasteiger partial charge >= 0.3 is 0 Å². The fraction of sp³-hybridized carbons (Fsp3) is 0.250. The summed E-state index contributed by atoms with van der Waals surface area (Å²) < 4.78 is 15.8. The van der Waals surface area contributed by atoms with Gasteiger partial charge < -0.3 is 5.32 Å². The van der Waals surface area contributed by atoms with Crippen LogP contribution in [0.1, 0.15) is 5.56 Å².